The second kappa shape index (κ2) is 6.99. The Labute approximate surface area is 137 Å². The first-order chi connectivity index (χ1) is 11.1. The minimum absolute atomic E-state index is 0.101. The van der Waals surface area contributed by atoms with Gasteiger partial charge in [0.2, 0.25) is 5.91 Å². The first-order valence-electron chi connectivity index (χ1n) is 8.52. The number of aromatic nitrogens is 2. The van der Waals surface area contributed by atoms with E-state index in [1.54, 1.807) is 6.20 Å². The average molecular weight is 311 g/mol. The maximum atomic E-state index is 12.3. The molecule has 4 heteroatoms. The van der Waals surface area contributed by atoms with Gasteiger partial charge in [0.05, 0.1) is 18.3 Å². The minimum Gasteiger partial charge on any atom is -0.353 e. The van der Waals surface area contributed by atoms with Crippen molar-refractivity contribution in [1.82, 2.24) is 15.1 Å². The van der Waals surface area contributed by atoms with E-state index in [9.17, 15) is 4.79 Å². The third-order valence-electron chi connectivity index (χ3n) is 5.07. The summed E-state index contributed by atoms with van der Waals surface area (Å²) in [6.07, 6.45) is 7.69. The van der Waals surface area contributed by atoms with Crippen LogP contribution in [0.25, 0.3) is 5.69 Å². The summed E-state index contributed by atoms with van der Waals surface area (Å²) in [5.41, 5.74) is 1.96. The molecule has 1 aromatic heterocycles. The minimum atomic E-state index is 0.101. The third kappa shape index (κ3) is 3.81. The highest BCUT2D eigenvalue weighted by atomic mass is 16.1. The van der Waals surface area contributed by atoms with E-state index in [-0.39, 0.29) is 5.91 Å². The molecule has 1 heterocycles. The molecule has 0 aliphatic heterocycles. The smallest absolute Gasteiger partial charge is 0.224 e. The van der Waals surface area contributed by atoms with Gasteiger partial charge in [0.25, 0.3) is 0 Å². The monoisotopic (exact) mass is 311 g/mol. The molecule has 1 aliphatic carbocycles. The first-order valence-corrected chi connectivity index (χ1v) is 8.52. The number of para-hydroxylation sites is 1. The summed E-state index contributed by atoms with van der Waals surface area (Å²) < 4.78 is 1.81. The molecule has 122 valence electrons. The summed E-state index contributed by atoms with van der Waals surface area (Å²) in [5.74, 6) is 1.35. The zero-order chi connectivity index (χ0) is 16.2. The van der Waals surface area contributed by atoms with E-state index >= 15 is 0 Å². The Hall–Kier alpha value is -2.10. The lowest BCUT2D eigenvalue weighted by Gasteiger charge is -2.34. The number of benzene rings is 1. The molecule has 3 unspecified atom stereocenters. The predicted molar refractivity (Wildman–Crippen MR) is 91.4 cm³/mol. The van der Waals surface area contributed by atoms with Crippen molar-refractivity contribution in [3.8, 4) is 5.69 Å². The number of nitrogens with zero attached hydrogens (tertiary/aromatic N) is 2. The standard InChI is InChI=1S/C19H25N3O/c1-14-7-6-10-18(15(14)2)21-19(23)11-16-12-20-22(13-16)17-8-4-3-5-9-17/h3-5,8-9,12-15,18H,6-7,10-11H2,1-2H3,(H,21,23). The fourth-order valence-electron chi connectivity index (χ4n) is 3.40. The van der Waals surface area contributed by atoms with Crippen LogP contribution < -0.4 is 5.32 Å². The van der Waals surface area contributed by atoms with E-state index < -0.39 is 0 Å². The number of hydrogen-bond acceptors (Lipinski definition) is 2. The molecule has 1 aromatic carbocycles. The van der Waals surface area contributed by atoms with Crippen LogP contribution in [0.15, 0.2) is 42.7 Å². The van der Waals surface area contributed by atoms with Crippen LogP contribution in [0, 0.1) is 11.8 Å². The average Bonchev–Trinajstić information content (AvgIpc) is 3.01. The van der Waals surface area contributed by atoms with Crippen LogP contribution in [-0.4, -0.2) is 21.7 Å². The molecule has 3 rings (SSSR count). The number of rotatable bonds is 4. The molecule has 0 bridgehead atoms. The van der Waals surface area contributed by atoms with Crippen molar-refractivity contribution >= 4 is 5.91 Å². The summed E-state index contributed by atoms with van der Waals surface area (Å²) >= 11 is 0. The lowest BCUT2D eigenvalue weighted by molar-refractivity contribution is -0.121. The van der Waals surface area contributed by atoms with Crippen molar-refractivity contribution in [3.05, 3.63) is 48.3 Å². The molecule has 1 amide bonds. The highest BCUT2D eigenvalue weighted by molar-refractivity contribution is 5.78. The number of carbonyl (C=O) groups is 1. The Bertz CT molecular complexity index is 650. The molecule has 3 atom stereocenters. The number of nitrogens with one attached hydrogen (secondary N) is 1. The van der Waals surface area contributed by atoms with Gasteiger partial charge in [-0.2, -0.15) is 5.10 Å². The van der Waals surface area contributed by atoms with Crippen LogP contribution in [0.3, 0.4) is 0 Å². The van der Waals surface area contributed by atoms with E-state index in [0.717, 1.165) is 17.7 Å². The number of amides is 1. The first kappa shape index (κ1) is 15.8. The molecule has 1 aliphatic rings. The topological polar surface area (TPSA) is 46.9 Å². The molecule has 2 aromatic rings. The van der Waals surface area contributed by atoms with Gasteiger partial charge in [-0.15, -0.1) is 0 Å². The van der Waals surface area contributed by atoms with Crippen molar-refractivity contribution in [2.24, 2.45) is 11.8 Å². The van der Waals surface area contributed by atoms with Crippen LogP contribution in [-0.2, 0) is 11.2 Å². The van der Waals surface area contributed by atoms with Crippen LogP contribution in [0.1, 0.15) is 38.7 Å². The molecule has 0 spiro atoms. The van der Waals surface area contributed by atoms with E-state index in [4.69, 9.17) is 0 Å². The molecule has 4 nitrogen and oxygen atoms in total. The van der Waals surface area contributed by atoms with Crippen molar-refractivity contribution in [3.63, 3.8) is 0 Å². The molecule has 1 N–H and O–H groups in total. The zero-order valence-electron chi connectivity index (χ0n) is 13.9. The van der Waals surface area contributed by atoms with Gasteiger partial charge < -0.3 is 5.32 Å². The van der Waals surface area contributed by atoms with Gasteiger partial charge in [0.15, 0.2) is 0 Å². The maximum Gasteiger partial charge on any atom is 0.224 e. The Balaban J connectivity index is 1.59. The van der Waals surface area contributed by atoms with Crippen LogP contribution in [0.5, 0.6) is 0 Å². The number of carbonyl (C=O) groups excluding carboxylic acids is 1. The second-order valence-electron chi connectivity index (χ2n) is 6.75. The Morgan fingerprint density at radius 2 is 2.04 bits per heavy atom. The van der Waals surface area contributed by atoms with Gasteiger partial charge in [-0.05, 0) is 36.0 Å². The summed E-state index contributed by atoms with van der Waals surface area (Å²) in [6.45, 7) is 4.54. The van der Waals surface area contributed by atoms with Gasteiger partial charge >= 0.3 is 0 Å². The van der Waals surface area contributed by atoms with Gasteiger partial charge in [-0.1, -0.05) is 44.9 Å². The Kier molecular flexibility index (Phi) is 4.79. The van der Waals surface area contributed by atoms with Crippen molar-refractivity contribution in [1.29, 1.82) is 0 Å². The summed E-state index contributed by atoms with van der Waals surface area (Å²) in [7, 11) is 0. The fraction of sp³-hybridized carbons (Fsp3) is 0.474. The van der Waals surface area contributed by atoms with E-state index in [1.165, 1.54) is 12.8 Å². The third-order valence-corrected chi connectivity index (χ3v) is 5.07. The SMILES string of the molecule is CC1CCCC(NC(=O)Cc2cnn(-c3ccccc3)c2)C1C. The number of hydrogen-bond donors (Lipinski definition) is 1. The highest BCUT2D eigenvalue weighted by Gasteiger charge is 2.28. The molecule has 23 heavy (non-hydrogen) atoms. The van der Waals surface area contributed by atoms with E-state index in [0.29, 0.717) is 24.3 Å². The van der Waals surface area contributed by atoms with Crippen molar-refractivity contribution in [2.75, 3.05) is 0 Å². The van der Waals surface area contributed by atoms with Gasteiger partial charge in [-0.25, -0.2) is 4.68 Å². The molecular weight excluding hydrogens is 286 g/mol. The molecular formula is C19H25N3O. The molecule has 1 fully saturated rings. The molecule has 0 saturated heterocycles. The largest absolute Gasteiger partial charge is 0.353 e. The van der Waals surface area contributed by atoms with Crippen molar-refractivity contribution in [2.45, 2.75) is 45.6 Å². The quantitative estimate of drug-likeness (QED) is 0.941. The maximum absolute atomic E-state index is 12.3. The fourth-order valence-corrected chi connectivity index (χ4v) is 3.40. The predicted octanol–water partition coefficient (Wildman–Crippen LogP) is 3.36. The van der Waals surface area contributed by atoms with E-state index in [2.05, 4.69) is 24.3 Å². The van der Waals surface area contributed by atoms with Gasteiger partial charge in [-0.3, -0.25) is 4.79 Å². The summed E-state index contributed by atoms with van der Waals surface area (Å²) in [6, 6.07) is 10.3. The Morgan fingerprint density at radius 1 is 1.26 bits per heavy atom. The normalized spacial score (nSPS) is 24.3. The second-order valence-corrected chi connectivity index (χ2v) is 6.75. The Morgan fingerprint density at radius 3 is 2.83 bits per heavy atom. The molecule has 1 saturated carbocycles. The lowest BCUT2D eigenvalue weighted by atomic mass is 9.78. The summed E-state index contributed by atoms with van der Waals surface area (Å²) in [5, 5.41) is 7.57. The van der Waals surface area contributed by atoms with E-state index in [1.807, 2.05) is 41.2 Å². The van der Waals surface area contributed by atoms with Gasteiger partial charge in [0, 0.05) is 12.2 Å². The van der Waals surface area contributed by atoms with Gasteiger partial charge in [0.1, 0.15) is 0 Å². The van der Waals surface area contributed by atoms with Crippen molar-refractivity contribution < 1.29 is 4.79 Å². The van der Waals surface area contributed by atoms with Crippen LogP contribution >= 0.6 is 0 Å². The highest BCUT2D eigenvalue weighted by Crippen LogP contribution is 2.29. The van der Waals surface area contributed by atoms with Crippen LogP contribution in [0.4, 0.5) is 0 Å². The zero-order valence-corrected chi connectivity index (χ0v) is 13.9. The molecule has 0 radical (unpaired) electrons. The summed E-state index contributed by atoms with van der Waals surface area (Å²) in [4.78, 5) is 12.3. The van der Waals surface area contributed by atoms with Crippen LogP contribution in [0.2, 0.25) is 0 Å². The lowest BCUT2D eigenvalue weighted by Crippen LogP contribution is -2.44.